The average Bonchev–Trinajstić information content (AvgIpc) is 3.95. The Bertz CT molecular complexity index is 3760. The van der Waals surface area contributed by atoms with Gasteiger partial charge in [-0.3, -0.25) is 4.98 Å². The van der Waals surface area contributed by atoms with Crippen LogP contribution in [0.3, 0.4) is 0 Å². The highest BCUT2D eigenvalue weighted by atomic mass is 15.0. The van der Waals surface area contributed by atoms with Gasteiger partial charge >= 0.3 is 0 Å². The zero-order valence-electron chi connectivity index (χ0n) is 33.5. The summed E-state index contributed by atoms with van der Waals surface area (Å²) in [5.74, 6) is 0. The number of hydrogen-bond donors (Lipinski definition) is 0. The molecule has 0 aliphatic heterocycles. The summed E-state index contributed by atoms with van der Waals surface area (Å²) in [6.45, 7) is 0. The van der Waals surface area contributed by atoms with E-state index in [9.17, 15) is 0 Å². The molecule has 1 spiro atoms. The standard InChI is InChI=1S/C59H35N3/c1-3-22-48-40(16-1)41-17-2-4-23-49(41)58-57(48)60-35-54(61-58)38-29-31-45-44-30-28-37(33-52(44)59(53(45)34-38)50-24-9-5-18-42(50)43-19-6-10-25-51(43)59)36-14-13-15-39(32-36)62-55-26-11-7-20-46(55)47-21-8-12-27-56(47)62/h1-35H. The predicted molar refractivity (Wildman–Crippen MR) is 256 cm³/mol. The molecule has 2 aromatic heterocycles. The lowest BCUT2D eigenvalue weighted by Crippen LogP contribution is -2.26. The average molecular weight is 786 g/mol. The molecule has 0 atom stereocenters. The molecule has 14 rings (SSSR count). The van der Waals surface area contributed by atoms with Crippen molar-refractivity contribution in [3.05, 3.63) is 235 Å². The van der Waals surface area contributed by atoms with Crippen molar-refractivity contribution in [3.8, 4) is 50.3 Å². The van der Waals surface area contributed by atoms with Crippen LogP contribution in [0.2, 0.25) is 0 Å². The first kappa shape index (κ1) is 33.7. The van der Waals surface area contributed by atoms with Crippen LogP contribution in [-0.4, -0.2) is 14.5 Å². The lowest BCUT2D eigenvalue weighted by molar-refractivity contribution is 0.794. The number of para-hydroxylation sites is 2. The molecule has 3 heteroatoms. The van der Waals surface area contributed by atoms with E-state index in [1.165, 1.54) is 88.2 Å². The second-order valence-electron chi connectivity index (χ2n) is 16.8. The summed E-state index contributed by atoms with van der Waals surface area (Å²) in [7, 11) is 0. The third-order valence-electron chi connectivity index (χ3n) is 13.8. The maximum atomic E-state index is 5.46. The highest BCUT2D eigenvalue weighted by molar-refractivity contribution is 6.23. The van der Waals surface area contributed by atoms with Gasteiger partial charge in [0.25, 0.3) is 0 Å². The van der Waals surface area contributed by atoms with Gasteiger partial charge in [-0.2, -0.15) is 0 Å². The van der Waals surface area contributed by atoms with Crippen LogP contribution in [-0.2, 0) is 5.41 Å². The van der Waals surface area contributed by atoms with Gasteiger partial charge in [0, 0.05) is 32.8 Å². The van der Waals surface area contributed by atoms with Crippen molar-refractivity contribution in [1.29, 1.82) is 0 Å². The first-order valence-corrected chi connectivity index (χ1v) is 21.4. The van der Waals surface area contributed by atoms with Crippen LogP contribution < -0.4 is 0 Å². The summed E-state index contributed by atoms with van der Waals surface area (Å²) < 4.78 is 2.41. The Morgan fingerprint density at radius 3 is 1.47 bits per heavy atom. The molecule has 2 aliphatic rings. The molecule has 2 heterocycles. The molecule has 0 amide bonds. The smallest absolute Gasteiger partial charge is 0.0979 e. The largest absolute Gasteiger partial charge is 0.309 e. The van der Waals surface area contributed by atoms with E-state index < -0.39 is 5.41 Å². The lowest BCUT2D eigenvalue weighted by atomic mass is 9.70. The van der Waals surface area contributed by atoms with E-state index in [1.807, 2.05) is 6.20 Å². The van der Waals surface area contributed by atoms with E-state index in [1.54, 1.807) is 0 Å². The van der Waals surface area contributed by atoms with E-state index in [2.05, 4.69) is 211 Å². The number of aromatic nitrogens is 3. The van der Waals surface area contributed by atoms with Gasteiger partial charge in [0.1, 0.15) is 0 Å². The number of nitrogens with zero attached hydrogens (tertiary/aromatic N) is 3. The second kappa shape index (κ2) is 12.4. The number of hydrogen-bond acceptors (Lipinski definition) is 2. The minimum atomic E-state index is -0.526. The number of fused-ring (bicyclic) bond motifs is 19. The molecule has 0 saturated heterocycles. The van der Waals surface area contributed by atoms with Crippen LogP contribution in [0, 0.1) is 0 Å². The zero-order valence-corrected chi connectivity index (χ0v) is 33.5. The van der Waals surface area contributed by atoms with Gasteiger partial charge in [-0.25, -0.2) is 4.98 Å². The zero-order chi connectivity index (χ0) is 40.5. The molecule has 10 aromatic carbocycles. The number of benzene rings is 10. The van der Waals surface area contributed by atoms with E-state index >= 15 is 0 Å². The maximum absolute atomic E-state index is 5.46. The normalized spacial score (nSPS) is 13.3. The van der Waals surface area contributed by atoms with Crippen LogP contribution in [0.25, 0.3) is 105 Å². The molecule has 0 unspecified atom stereocenters. The first-order valence-electron chi connectivity index (χ1n) is 21.4. The Labute approximate surface area is 357 Å². The van der Waals surface area contributed by atoms with Crippen LogP contribution >= 0.6 is 0 Å². The highest BCUT2D eigenvalue weighted by Crippen LogP contribution is 2.63. The first-order chi connectivity index (χ1) is 30.8. The third kappa shape index (κ3) is 4.39. The summed E-state index contributed by atoms with van der Waals surface area (Å²) >= 11 is 0. The van der Waals surface area contributed by atoms with Gasteiger partial charge in [-0.15, -0.1) is 0 Å². The SMILES string of the molecule is c1cc(-c2ccc3c(c2)C2(c4ccccc4-c4ccccc42)c2cc(-c4cnc5c6ccccc6c6ccccc6c5n4)ccc2-3)cc(-n2c3ccccc3c3ccccc32)c1. The monoisotopic (exact) mass is 785 g/mol. The molecule has 0 N–H and O–H groups in total. The van der Waals surface area contributed by atoms with E-state index in [0.29, 0.717) is 0 Å². The molecule has 0 fully saturated rings. The summed E-state index contributed by atoms with van der Waals surface area (Å²) in [4.78, 5) is 10.6. The van der Waals surface area contributed by atoms with Crippen molar-refractivity contribution >= 4 is 54.4 Å². The van der Waals surface area contributed by atoms with Crippen molar-refractivity contribution in [2.45, 2.75) is 5.41 Å². The van der Waals surface area contributed by atoms with E-state index in [0.717, 1.165) is 38.8 Å². The van der Waals surface area contributed by atoms with Crippen molar-refractivity contribution < 1.29 is 0 Å². The Balaban J connectivity index is 0.987. The summed E-state index contributed by atoms with van der Waals surface area (Å²) in [6.07, 6.45) is 1.97. The quantitative estimate of drug-likeness (QED) is 0.167. The fourth-order valence-corrected chi connectivity index (χ4v) is 11.3. The third-order valence-corrected chi connectivity index (χ3v) is 13.8. The molecular formula is C59H35N3. The van der Waals surface area contributed by atoms with Gasteiger partial charge < -0.3 is 4.57 Å². The molecule has 2 aliphatic carbocycles. The van der Waals surface area contributed by atoms with Crippen LogP contribution in [0.15, 0.2) is 212 Å². The van der Waals surface area contributed by atoms with Gasteiger partial charge in [0.2, 0.25) is 0 Å². The highest BCUT2D eigenvalue weighted by Gasteiger charge is 2.51. The molecule has 0 saturated carbocycles. The Morgan fingerprint density at radius 2 is 0.823 bits per heavy atom. The number of rotatable bonds is 3. The molecule has 0 radical (unpaired) electrons. The van der Waals surface area contributed by atoms with Gasteiger partial charge in [-0.05, 0) is 103 Å². The minimum absolute atomic E-state index is 0.526. The van der Waals surface area contributed by atoms with Crippen molar-refractivity contribution in [3.63, 3.8) is 0 Å². The van der Waals surface area contributed by atoms with Gasteiger partial charge in [0.05, 0.1) is 39.4 Å². The molecular weight excluding hydrogens is 751 g/mol. The van der Waals surface area contributed by atoms with Crippen molar-refractivity contribution in [1.82, 2.24) is 14.5 Å². The van der Waals surface area contributed by atoms with Crippen molar-refractivity contribution in [2.24, 2.45) is 0 Å². The summed E-state index contributed by atoms with van der Waals surface area (Å²) in [5.41, 5.74) is 19.5. The van der Waals surface area contributed by atoms with E-state index in [-0.39, 0.29) is 0 Å². The Hall–Kier alpha value is -8.14. The summed E-state index contributed by atoms with van der Waals surface area (Å²) in [5, 5.41) is 7.17. The topological polar surface area (TPSA) is 30.7 Å². The van der Waals surface area contributed by atoms with Crippen LogP contribution in [0.1, 0.15) is 22.3 Å². The van der Waals surface area contributed by atoms with Crippen LogP contribution in [0.5, 0.6) is 0 Å². The predicted octanol–water partition coefficient (Wildman–Crippen LogP) is 14.7. The molecule has 3 nitrogen and oxygen atoms in total. The molecule has 0 bridgehead atoms. The van der Waals surface area contributed by atoms with Gasteiger partial charge in [-0.1, -0.05) is 170 Å². The van der Waals surface area contributed by atoms with Crippen LogP contribution in [0.4, 0.5) is 0 Å². The van der Waals surface area contributed by atoms with Crippen molar-refractivity contribution in [2.75, 3.05) is 0 Å². The molecule has 286 valence electrons. The van der Waals surface area contributed by atoms with E-state index in [4.69, 9.17) is 9.97 Å². The minimum Gasteiger partial charge on any atom is -0.309 e. The Morgan fingerprint density at radius 1 is 0.339 bits per heavy atom. The Kier molecular flexibility index (Phi) is 6.76. The molecule has 62 heavy (non-hydrogen) atoms. The van der Waals surface area contributed by atoms with Gasteiger partial charge in [0.15, 0.2) is 0 Å². The fraction of sp³-hybridized carbons (Fsp3) is 0.0169. The lowest BCUT2D eigenvalue weighted by Gasteiger charge is -2.31. The maximum Gasteiger partial charge on any atom is 0.0979 e. The second-order valence-corrected chi connectivity index (χ2v) is 16.8. The molecule has 12 aromatic rings. The summed E-state index contributed by atoms with van der Waals surface area (Å²) in [6, 6.07) is 75.9. The fourth-order valence-electron chi connectivity index (χ4n) is 11.3.